The lowest BCUT2D eigenvalue weighted by atomic mass is 10.2. The molecule has 0 N–H and O–H groups in total. The summed E-state index contributed by atoms with van der Waals surface area (Å²) in [6.45, 7) is 0.315. The van der Waals surface area contributed by atoms with Crippen LogP contribution >= 0.6 is 15.9 Å². The zero-order valence-corrected chi connectivity index (χ0v) is 10.2. The van der Waals surface area contributed by atoms with Crippen molar-refractivity contribution in [1.29, 1.82) is 0 Å². The Morgan fingerprint density at radius 3 is 2.59 bits per heavy atom. The Labute approximate surface area is 104 Å². The molecule has 0 radical (unpaired) electrons. The van der Waals surface area contributed by atoms with E-state index in [0.29, 0.717) is 6.54 Å². The van der Waals surface area contributed by atoms with Crippen LogP contribution in [-0.2, 0) is 12.7 Å². The molecule has 0 amide bonds. The van der Waals surface area contributed by atoms with Crippen LogP contribution < -0.4 is 0 Å². The van der Waals surface area contributed by atoms with Gasteiger partial charge >= 0.3 is 6.18 Å². The molecule has 0 bridgehead atoms. The van der Waals surface area contributed by atoms with E-state index in [2.05, 4.69) is 21.0 Å². The van der Waals surface area contributed by atoms with Crippen LogP contribution in [0.15, 0.2) is 41.0 Å². The highest BCUT2D eigenvalue weighted by Gasteiger charge is 2.33. The Morgan fingerprint density at radius 2 is 2.00 bits per heavy atom. The molecule has 0 unspecified atom stereocenters. The van der Waals surface area contributed by atoms with Crippen molar-refractivity contribution in [2.75, 3.05) is 0 Å². The summed E-state index contributed by atoms with van der Waals surface area (Å²) >= 11 is 3.30. The van der Waals surface area contributed by atoms with E-state index in [1.54, 1.807) is 0 Å². The van der Waals surface area contributed by atoms with Crippen molar-refractivity contribution in [3.63, 3.8) is 0 Å². The highest BCUT2D eigenvalue weighted by molar-refractivity contribution is 9.10. The van der Waals surface area contributed by atoms with Crippen LogP contribution in [0.1, 0.15) is 11.3 Å². The van der Waals surface area contributed by atoms with Crippen molar-refractivity contribution in [2.45, 2.75) is 12.7 Å². The first-order chi connectivity index (χ1) is 7.95. The molecule has 0 fully saturated rings. The normalized spacial score (nSPS) is 11.8. The molecule has 0 aliphatic carbocycles. The molecular formula is C11H8BrF3N2. The van der Waals surface area contributed by atoms with Crippen LogP contribution in [0.4, 0.5) is 13.2 Å². The molecule has 17 heavy (non-hydrogen) atoms. The quantitative estimate of drug-likeness (QED) is 0.827. The molecule has 0 saturated heterocycles. The molecule has 1 aromatic heterocycles. The van der Waals surface area contributed by atoms with E-state index in [-0.39, 0.29) is 0 Å². The molecular weight excluding hydrogens is 297 g/mol. The first kappa shape index (κ1) is 12.2. The van der Waals surface area contributed by atoms with Gasteiger partial charge in [-0.25, -0.2) is 0 Å². The van der Waals surface area contributed by atoms with E-state index < -0.39 is 11.9 Å². The summed E-state index contributed by atoms with van der Waals surface area (Å²) in [6.07, 6.45) is -3.06. The summed E-state index contributed by atoms with van der Waals surface area (Å²) in [5.74, 6) is 0. The van der Waals surface area contributed by atoms with Gasteiger partial charge < -0.3 is 0 Å². The number of hydrogen-bond acceptors (Lipinski definition) is 1. The largest absolute Gasteiger partial charge is 0.435 e. The van der Waals surface area contributed by atoms with Gasteiger partial charge in [-0.15, -0.1) is 0 Å². The van der Waals surface area contributed by atoms with Crippen molar-refractivity contribution in [1.82, 2.24) is 9.78 Å². The van der Waals surface area contributed by atoms with Gasteiger partial charge in [-0.1, -0.05) is 28.1 Å². The van der Waals surface area contributed by atoms with Gasteiger partial charge in [0.1, 0.15) is 0 Å². The van der Waals surface area contributed by atoms with Crippen LogP contribution in [-0.4, -0.2) is 9.78 Å². The first-order valence-electron chi connectivity index (χ1n) is 4.80. The molecule has 1 aromatic carbocycles. The number of rotatable bonds is 2. The highest BCUT2D eigenvalue weighted by atomic mass is 79.9. The SMILES string of the molecule is FC(F)(F)c1ccn(Cc2cccc(Br)c2)n1. The van der Waals surface area contributed by atoms with Crippen molar-refractivity contribution in [3.8, 4) is 0 Å². The van der Waals surface area contributed by atoms with Gasteiger partial charge in [0.05, 0.1) is 6.54 Å². The minimum absolute atomic E-state index is 0.315. The number of halogens is 4. The van der Waals surface area contributed by atoms with Gasteiger partial charge in [0.2, 0.25) is 0 Å². The van der Waals surface area contributed by atoms with Crippen LogP contribution in [0.25, 0.3) is 0 Å². The third kappa shape index (κ3) is 3.09. The maximum Gasteiger partial charge on any atom is 0.435 e. The van der Waals surface area contributed by atoms with Crippen LogP contribution in [0, 0.1) is 0 Å². The summed E-state index contributed by atoms with van der Waals surface area (Å²) in [6, 6.07) is 8.33. The Hall–Kier alpha value is -1.30. The summed E-state index contributed by atoms with van der Waals surface area (Å²) < 4.78 is 39.1. The van der Waals surface area contributed by atoms with E-state index >= 15 is 0 Å². The van der Waals surface area contributed by atoms with Gasteiger partial charge in [0.15, 0.2) is 5.69 Å². The van der Waals surface area contributed by atoms with Crippen molar-refractivity contribution < 1.29 is 13.2 Å². The monoisotopic (exact) mass is 304 g/mol. The van der Waals surface area contributed by atoms with E-state index in [1.807, 2.05) is 24.3 Å². The van der Waals surface area contributed by atoms with E-state index in [4.69, 9.17) is 0 Å². The topological polar surface area (TPSA) is 17.8 Å². The fraction of sp³-hybridized carbons (Fsp3) is 0.182. The van der Waals surface area contributed by atoms with Gasteiger partial charge in [0, 0.05) is 10.7 Å². The van der Waals surface area contributed by atoms with E-state index in [1.165, 1.54) is 10.9 Å². The van der Waals surface area contributed by atoms with Gasteiger partial charge in [0.25, 0.3) is 0 Å². The average Bonchev–Trinajstić information content (AvgIpc) is 2.65. The Bertz CT molecular complexity index is 519. The van der Waals surface area contributed by atoms with Crippen LogP contribution in [0.2, 0.25) is 0 Å². The maximum absolute atomic E-state index is 12.3. The predicted molar refractivity (Wildman–Crippen MR) is 60.5 cm³/mol. The number of nitrogens with zero attached hydrogens (tertiary/aromatic N) is 2. The lowest BCUT2D eigenvalue weighted by Gasteiger charge is -2.03. The smallest absolute Gasteiger partial charge is 0.268 e. The zero-order chi connectivity index (χ0) is 12.5. The second kappa shape index (κ2) is 4.52. The lowest BCUT2D eigenvalue weighted by molar-refractivity contribution is -0.141. The third-order valence-electron chi connectivity index (χ3n) is 2.16. The second-order valence-electron chi connectivity index (χ2n) is 3.53. The molecule has 0 saturated carbocycles. The number of alkyl halides is 3. The molecule has 90 valence electrons. The summed E-state index contributed by atoms with van der Waals surface area (Å²) in [5.41, 5.74) is 0.0173. The number of benzene rings is 1. The molecule has 6 heteroatoms. The minimum atomic E-state index is -4.39. The van der Waals surface area contributed by atoms with E-state index in [0.717, 1.165) is 16.1 Å². The molecule has 0 aliphatic heterocycles. The Kier molecular flexibility index (Phi) is 3.24. The molecule has 2 nitrogen and oxygen atoms in total. The van der Waals surface area contributed by atoms with Crippen LogP contribution in [0.5, 0.6) is 0 Å². The second-order valence-corrected chi connectivity index (χ2v) is 4.44. The maximum atomic E-state index is 12.3. The fourth-order valence-corrected chi connectivity index (χ4v) is 1.87. The molecule has 0 aliphatic rings. The fourth-order valence-electron chi connectivity index (χ4n) is 1.42. The molecule has 2 rings (SSSR count). The van der Waals surface area contributed by atoms with Crippen molar-refractivity contribution >= 4 is 15.9 Å². The first-order valence-corrected chi connectivity index (χ1v) is 5.59. The molecule has 0 atom stereocenters. The molecule has 0 spiro atoms. The Balaban J connectivity index is 2.17. The molecule has 1 heterocycles. The summed E-state index contributed by atoms with van der Waals surface area (Å²) in [5, 5.41) is 3.48. The number of hydrogen-bond donors (Lipinski definition) is 0. The zero-order valence-electron chi connectivity index (χ0n) is 8.58. The highest BCUT2D eigenvalue weighted by Crippen LogP contribution is 2.27. The van der Waals surface area contributed by atoms with Crippen molar-refractivity contribution in [2.24, 2.45) is 0 Å². The Morgan fingerprint density at radius 1 is 1.24 bits per heavy atom. The lowest BCUT2D eigenvalue weighted by Crippen LogP contribution is -2.08. The third-order valence-corrected chi connectivity index (χ3v) is 2.66. The predicted octanol–water partition coefficient (Wildman–Crippen LogP) is 3.71. The summed E-state index contributed by atoms with van der Waals surface area (Å²) in [4.78, 5) is 0. The summed E-state index contributed by atoms with van der Waals surface area (Å²) in [7, 11) is 0. The van der Waals surface area contributed by atoms with E-state index in [9.17, 15) is 13.2 Å². The van der Waals surface area contributed by atoms with Crippen LogP contribution in [0.3, 0.4) is 0 Å². The average molecular weight is 305 g/mol. The standard InChI is InChI=1S/C11H8BrF3N2/c12-9-3-1-2-8(6-9)7-17-5-4-10(16-17)11(13,14)15/h1-6H,7H2. The van der Waals surface area contributed by atoms with Crippen molar-refractivity contribution in [3.05, 3.63) is 52.3 Å². The van der Waals surface area contributed by atoms with Gasteiger partial charge in [-0.05, 0) is 23.8 Å². The minimum Gasteiger partial charge on any atom is -0.268 e. The van der Waals surface area contributed by atoms with Gasteiger partial charge in [-0.3, -0.25) is 4.68 Å². The molecule has 2 aromatic rings. The van der Waals surface area contributed by atoms with Gasteiger partial charge in [-0.2, -0.15) is 18.3 Å². The number of aromatic nitrogens is 2.